The van der Waals surface area contributed by atoms with Gasteiger partial charge in [0.2, 0.25) is 5.91 Å². The van der Waals surface area contributed by atoms with Gasteiger partial charge in [-0.25, -0.2) is 0 Å². The second kappa shape index (κ2) is 13.9. The van der Waals surface area contributed by atoms with E-state index in [-0.39, 0.29) is 23.3 Å². The summed E-state index contributed by atoms with van der Waals surface area (Å²) in [5.41, 5.74) is 6.02. The zero-order valence-electron chi connectivity index (χ0n) is 24.5. The van der Waals surface area contributed by atoms with Crippen molar-refractivity contribution in [2.45, 2.75) is 17.7 Å². The first-order valence-electron chi connectivity index (χ1n) is 14.7. The third kappa shape index (κ3) is 7.22. The van der Waals surface area contributed by atoms with E-state index in [9.17, 15) is 14.4 Å². The summed E-state index contributed by atoms with van der Waals surface area (Å²) in [5.74, 6) is -0.647. The van der Waals surface area contributed by atoms with Crippen molar-refractivity contribution in [1.29, 1.82) is 0 Å². The Morgan fingerprint density at radius 1 is 0.689 bits per heavy atom. The molecule has 2 N–H and O–H groups in total. The molecule has 6 rings (SSSR count). The maximum absolute atomic E-state index is 13.8. The number of carbonyl (C=O) groups is 3. The Kier molecular flexibility index (Phi) is 9.18. The van der Waals surface area contributed by atoms with E-state index in [1.807, 2.05) is 95.9 Å². The SMILES string of the molecule is O=C(Nc1cccc(SCC(=O)N2c3ccccc3CCc3ccccc32)c1)/C(=C/c1ccccc1)NC(=O)c1ccccc1. The van der Waals surface area contributed by atoms with Crippen LogP contribution in [0.3, 0.4) is 0 Å². The molecule has 0 aliphatic carbocycles. The van der Waals surface area contributed by atoms with Crippen LogP contribution < -0.4 is 15.5 Å². The highest BCUT2D eigenvalue weighted by atomic mass is 32.2. The molecule has 0 spiro atoms. The molecular formula is C38H31N3O3S. The van der Waals surface area contributed by atoms with Crippen LogP contribution in [-0.2, 0) is 22.4 Å². The van der Waals surface area contributed by atoms with E-state index in [1.165, 1.54) is 11.8 Å². The van der Waals surface area contributed by atoms with Gasteiger partial charge < -0.3 is 10.6 Å². The van der Waals surface area contributed by atoms with Crippen LogP contribution in [0.1, 0.15) is 27.0 Å². The van der Waals surface area contributed by atoms with E-state index < -0.39 is 5.91 Å². The number of fused-ring (bicyclic) bond motifs is 2. The molecule has 0 atom stereocenters. The Balaban J connectivity index is 1.18. The maximum atomic E-state index is 13.8. The molecule has 1 aliphatic rings. The van der Waals surface area contributed by atoms with Crippen LogP contribution in [0, 0.1) is 0 Å². The van der Waals surface area contributed by atoms with Crippen LogP contribution in [0.4, 0.5) is 17.1 Å². The topological polar surface area (TPSA) is 78.5 Å². The van der Waals surface area contributed by atoms with Crippen molar-refractivity contribution in [3.05, 3.63) is 161 Å². The van der Waals surface area contributed by atoms with Gasteiger partial charge in [-0.15, -0.1) is 11.8 Å². The lowest BCUT2D eigenvalue weighted by molar-refractivity contribution is -0.115. The van der Waals surface area contributed by atoms with E-state index in [0.29, 0.717) is 11.3 Å². The number of hydrogen-bond acceptors (Lipinski definition) is 4. The highest BCUT2D eigenvalue weighted by Gasteiger charge is 2.25. The number of aryl methyl sites for hydroxylation is 2. The predicted molar refractivity (Wildman–Crippen MR) is 182 cm³/mol. The predicted octanol–water partition coefficient (Wildman–Crippen LogP) is 7.65. The van der Waals surface area contributed by atoms with Crippen molar-refractivity contribution in [2.24, 2.45) is 0 Å². The molecule has 5 aromatic rings. The molecule has 7 heteroatoms. The molecule has 0 unspecified atom stereocenters. The van der Waals surface area contributed by atoms with Crippen molar-refractivity contribution in [3.8, 4) is 0 Å². The highest BCUT2D eigenvalue weighted by molar-refractivity contribution is 8.00. The summed E-state index contributed by atoms with van der Waals surface area (Å²) < 4.78 is 0. The molecule has 3 amide bonds. The fourth-order valence-electron chi connectivity index (χ4n) is 5.28. The summed E-state index contributed by atoms with van der Waals surface area (Å²) in [6.07, 6.45) is 3.39. The largest absolute Gasteiger partial charge is 0.321 e. The Morgan fingerprint density at radius 3 is 1.96 bits per heavy atom. The van der Waals surface area contributed by atoms with Gasteiger partial charge >= 0.3 is 0 Å². The minimum atomic E-state index is -0.459. The minimum absolute atomic E-state index is 0.0204. The second-order valence-electron chi connectivity index (χ2n) is 10.5. The molecule has 45 heavy (non-hydrogen) atoms. The summed E-state index contributed by atoms with van der Waals surface area (Å²) in [7, 11) is 0. The normalized spacial score (nSPS) is 12.4. The number of carbonyl (C=O) groups excluding carboxylic acids is 3. The van der Waals surface area contributed by atoms with Gasteiger partial charge in [0.05, 0.1) is 17.1 Å². The van der Waals surface area contributed by atoms with Crippen molar-refractivity contribution in [1.82, 2.24) is 5.32 Å². The molecule has 0 saturated heterocycles. The fourth-order valence-corrected chi connectivity index (χ4v) is 6.08. The maximum Gasteiger partial charge on any atom is 0.272 e. The minimum Gasteiger partial charge on any atom is -0.321 e. The van der Waals surface area contributed by atoms with Crippen LogP contribution in [0.25, 0.3) is 6.08 Å². The summed E-state index contributed by atoms with van der Waals surface area (Å²) in [5, 5.41) is 5.68. The quantitative estimate of drug-likeness (QED) is 0.140. The van der Waals surface area contributed by atoms with Gasteiger partial charge in [-0.1, -0.05) is 91.0 Å². The average Bonchev–Trinajstić information content (AvgIpc) is 3.25. The molecule has 0 fully saturated rings. The zero-order chi connectivity index (χ0) is 31.0. The number of para-hydroxylation sites is 2. The standard InChI is InChI=1S/C38H31N3O3S/c42-36(41-34-20-9-7-14-28(34)22-23-29-15-8-10-21-35(29)41)26-45-32-19-11-18-31(25-32)39-38(44)33(24-27-12-3-1-4-13-27)40-37(43)30-16-5-2-6-17-30/h1-21,24-25H,22-23,26H2,(H,39,44)(H,40,43)/b33-24-. The van der Waals surface area contributed by atoms with E-state index >= 15 is 0 Å². The molecule has 5 aromatic carbocycles. The van der Waals surface area contributed by atoms with Crippen molar-refractivity contribution in [3.63, 3.8) is 0 Å². The van der Waals surface area contributed by atoms with E-state index in [0.717, 1.165) is 45.8 Å². The van der Waals surface area contributed by atoms with Crippen LogP contribution in [0.5, 0.6) is 0 Å². The Hall–Kier alpha value is -5.40. The molecule has 0 aromatic heterocycles. The van der Waals surface area contributed by atoms with Gasteiger partial charge in [-0.2, -0.15) is 0 Å². The lowest BCUT2D eigenvalue weighted by Crippen LogP contribution is -2.30. The zero-order valence-corrected chi connectivity index (χ0v) is 25.3. The number of amides is 3. The number of benzene rings is 5. The summed E-state index contributed by atoms with van der Waals surface area (Å²) in [6.45, 7) is 0. The van der Waals surface area contributed by atoms with Gasteiger partial charge in [0.1, 0.15) is 5.70 Å². The molecule has 0 saturated carbocycles. The molecule has 1 aliphatic heterocycles. The molecule has 222 valence electrons. The van der Waals surface area contributed by atoms with Gasteiger partial charge in [0, 0.05) is 16.1 Å². The van der Waals surface area contributed by atoms with E-state index in [1.54, 1.807) is 36.4 Å². The third-order valence-electron chi connectivity index (χ3n) is 7.47. The Bertz CT molecular complexity index is 1820. The van der Waals surface area contributed by atoms with Crippen molar-refractivity contribution >= 4 is 52.6 Å². The number of hydrogen-bond donors (Lipinski definition) is 2. The summed E-state index contributed by atoms with van der Waals surface area (Å²) >= 11 is 1.41. The van der Waals surface area contributed by atoms with Crippen molar-refractivity contribution < 1.29 is 14.4 Å². The Labute approximate surface area is 266 Å². The lowest BCUT2D eigenvalue weighted by atomic mass is 10.0. The van der Waals surface area contributed by atoms with E-state index in [4.69, 9.17) is 0 Å². The van der Waals surface area contributed by atoms with Crippen LogP contribution >= 0.6 is 11.8 Å². The number of rotatable bonds is 8. The smallest absolute Gasteiger partial charge is 0.272 e. The first-order chi connectivity index (χ1) is 22.0. The number of thioether (sulfide) groups is 1. The monoisotopic (exact) mass is 609 g/mol. The molecule has 0 radical (unpaired) electrons. The number of nitrogens with zero attached hydrogens (tertiary/aromatic N) is 1. The van der Waals surface area contributed by atoms with Crippen LogP contribution in [0.2, 0.25) is 0 Å². The van der Waals surface area contributed by atoms with Gasteiger partial charge in [0.25, 0.3) is 11.8 Å². The first kappa shape index (κ1) is 29.7. The average molecular weight is 610 g/mol. The van der Waals surface area contributed by atoms with Gasteiger partial charge in [-0.05, 0) is 78.1 Å². The second-order valence-corrected chi connectivity index (χ2v) is 11.6. The van der Waals surface area contributed by atoms with Gasteiger partial charge in [0.15, 0.2) is 0 Å². The van der Waals surface area contributed by atoms with Crippen LogP contribution in [0.15, 0.2) is 144 Å². The highest BCUT2D eigenvalue weighted by Crippen LogP contribution is 2.37. The van der Waals surface area contributed by atoms with E-state index in [2.05, 4.69) is 22.8 Å². The Morgan fingerprint density at radius 2 is 1.29 bits per heavy atom. The third-order valence-corrected chi connectivity index (χ3v) is 8.45. The summed E-state index contributed by atoms with van der Waals surface area (Å²) in [4.78, 5) is 42.9. The van der Waals surface area contributed by atoms with Crippen molar-refractivity contribution in [2.75, 3.05) is 16.0 Å². The first-order valence-corrected chi connectivity index (χ1v) is 15.7. The van der Waals surface area contributed by atoms with Gasteiger partial charge in [-0.3, -0.25) is 19.3 Å². The molecule has 0 bridgehead atoms. The fraction of sp³-hybridized carbons (Fsp3) is 0.0789. The van der Waals surface area contributed by atoms with Crippen LogP contribution in [-0.4, -0.2) is 23.5 Å². The molecule has 1 heterocycles. The number of anilines is 3. The molecular weight excluding hydrogens is 579 g/mol. The lowest BCUT2D eigenvalue weighted by Gasteiger charge is -2.25. The molecule has 6 nitrogen and oxygen atoms in total. The summed E-state index contributed by atoms with van der Waals surface area (Å²) in [6, 6.07) is 41.6. The number of nitrogens with one attached hydrogen (secondary N) is 2.